The van der Waals surface area contributed by atoms with Crippen LogP contribution in [0.4, 0.5) is 13.2 Å². The molecule has 1 aliphatic carbocycles. The predicted molar refractivity (Wildman–Crippen MR) is 55.2 cm³/mol. The Labute approximate surface area is 91.8 Å². The van der Waals surface area contributed by atoms with Crippen molar-refractivity contribution in [1.82, 2.24) is 0 Å². The standard InChI is InChI=1S/C12H12F3N/c13-9-6-5-8(10(14)11(9)15)12(16)7-3-1-2-4-7/h3,5-6,12H,1-2,4,16H2. The Kier molecular flexibility index (Phi) is 3.01. The summed E-state index contributed by atoms with van der Waals surface area (Å²) in [4.78, 5) is 0. The predicted octanol–water partition coefficient (Wildman–Crippen LogP) is 3.21. The van der Waals surface area contributed by atoms with E-state index in [0.29, 0.717) is 0 Å². The molecule has 1 aromatic carbocycles. The van der Waals surface area contributed by atoms with Crippen LogP contribution < -0.4 is 5.73 Å². The minimum absolute atomic E-state index is 0.0204. The van der Waals surface area contributed by atoms with E-state index in [4.69, 9.17) is 5.73 Å². The summed E-state index contributed by atoms with van der Waals surface area (Å²) in [5.41, 5.74) is 6.74. The van der Waals surface area contributed by atoms with Gasteiger partial charge in [0, 0.05) is 5.56 Å². The molecule has 2 rings (SSSR count). The van der Waals surface area contributed by atoms with Gasteiger partial charge in [-0.25, -0.2) is 13.2 Å². The molecule has 0 fully saturated rings. The van der Waals surface area contributed by atoms with Gasteiger partial charge in [-0.1, -0.05) is 17.7 Å². The normalized spacial score (nSPS) is 17.4. The summed E-state index contributed by atoms with van der Waals surface area (Å²) in [5.74, 6) is -3.82. The molecule has 2 N–H and O–H groups in total. The van der Waals surface area contributed by atoms with Crippen LogP contribution in [0.3, 0.4) is 0 Å². The highest BCUT2D eigenvalue weighted by Crippen LogP contribution is 2.31. The van der Waals surface area contributed by atoms with E-state index in [1.54, 1.807) is 0 Å². The average Bonchev–Trinajstić information content (AvgIpc) is 2.79. The summed E-state index contributed by atoms with van der Waals surface area (Å²) in [6.07, 6.45) is 4.62. The van der Waals surface area contributed by atoms with Crippen molar-refractivity contribution >= 4 is 0 Å². The summed E-state index contributed by atoms with van der Waals surface area (Å²) >= 11 is 0. The second-order valence-electron chi connectivity index (χ2n) is 3.91. The Bertz CT molecular complexity index is 440. The first-order chi connectivity index (χ1) is 7.61. The van der Waals surface area contributed by atoms with Gasteiger partial charge < -0.3 is 5.73 Å². The molecule has 16 heavy (non-hydrogen) atoms. The van der Waals surface area contributed by atoms with Crippen molar-refractivity contribution in [3.8, 4) is 0 Å². The van der Waals surface area contributed by atoms with Gasteiger partial charge in [0.05, 0.1) is 6.04 Å². The molecular weight excluding hydrogens is 215 g/mol. The van der Waals surface area contributed by atoms with Crippen LogP contribution in [-0.4, -0.2) is 0 Å². The van der Waals surface area contributed by atoms with E-state index in [0.717, 1.165) is 30.9 Å². The van der Waals surface area contributed by atoms with E-state index >= 15 is 0 Å². The monoisotopic (exact) mass is 227 g/mol. The average molecular weight is 227 g/mol. The Hall–Kier alpha value is -1.29. The molecule has 0 spiro atoms. The van der Waals surface area contributed by atoms with E-state index in [2.05, 4.69) is 0 Å². The molecule has 4 heteroatoms. The van der Waals surface area contributed by atoms with Gasteiger partial charge in [0.15, 0.2) is 17.5 Å². The maximum Gasteiger partial charge on any atom is 0.194 e. The fraction of sp³-hybridized carbons (Fsp3) is 0.333. The summed E-state index contributed by atoms with van der Waals surface area (Å²) in [5, 5.41) is 0. The van der Waals surface area contributed by atoms with Crippen LogP contribution in [0.5, 0.6) is 0 Å². The fourth-order valence-corrected chi connectivity index (χ4v) is 1.96. The number of rotatable bonds is 2. The summed E-state index contributed by atoms with van der Waals surface area (Å²) in [6.45, 7) is 0. The van der Waals surface area contributed by atoms with Gasteiger partial charge in [0.1, 0.15) is 0 Å². The van der Waals surface area contributed by atoms with Gasteiger partial charge >= 0.3 is 0 Å². The molecule has 1 aliphatic rings. The van der Waals surface area contributed by atoms with Gasteiger partial charge in [-0.15, -0.1) is 0 Å². The van der Waals surface area contributed by atoms with E-state index in [1.165, 1.54) is 6.07 Å². The summed E-state index contributed by atoms with van der Waals surface area (Å²) in [7, 11) is 0. The van der Waals surface area contributed by atoms with E-state index in [1.807, 2.05) is 6.08 Å². The number of benzene rings is 1. The molecule has 0 radical (unpaired) electrons. The lowest BCUT2D eigenvalue weighted by molar-refractivity contribution is 0.438. The van der Waals surface area contributed by atoms with E-state index in [-0.39, 0.29) is 5.56 Å². The van der Waals surface area contributed by atoms with Crippen LogP contribution in [-0.2, 0) is 0 Å². The molecule has 1 unspecified atom stereocenters. The van der Waals surface area contributed by atoms with Crippen molar-refractivity contribution in [3.63, 3.8) is 0 Å². The molecule has 1 nitrogen and oxygen atoms in total. The SMILES string of the molecule is NC(C1=CCCC1)c1ccc(F)c(F)c1F. The maximum atomic E-state index is 13.4. The molecule has 1 atom stereocenters. The first kappa shape index (κ1) is 11.2. The van der Waals surface area contributed by atoms with Crippen molar-refractivity contribution in [2.24, 2.45) is 5.73 Å². The number of halogens is 3. The Morgan fingerprint density at radius 3 is 2.50 bits per heavy atom. The quantitative estimate of drug-likeness (QED) is 0.609. The summed E-state index contributed by atoms with van der Waals surface area (Å²) in [6, 6.07) is 1.44. The molecule has 0 amide bonds. The zero-order valence-electron chi connectivity index (χ0n) is 8.64. The molecule has 0 heterocycles. The van der Waals surface area contributed by atoms with E-state index < -0.39 is 23.5 Å². The molecule has 1 aromatic rings. The smallest absolute Gasteiger partial charge is 0.194 e. The Morgan fingerprint density at radius 1 is 1.12 bits per heavy atom. The Balaban J connectivity index is 2.37. The second-order valence-corrected chi connectivity index (χ2v) is 3.91. The fourth-order valence-electron chi connectivity index (χ4n) is 1.96. The largest absolute Gasteiger partial charge is 0.320 e. The van der Waals surface area contributed by atoms with Crippen molar-refractivity contribution in [2.75, 3.05) is 0 Å². The van der Waals surface area contributed by atoms with Gasteiger partial charge in [0.2, 0.25) is 0 Å². The highest BCUT2D eigenvalue weighted by Gasteiger charge is 2.21. The molecular formula is C12H12F3N. The number of hydrogen-bond donors (Lipinski definition) is 1. The van der Waals surface area contributed by atoms with Crippen LogP contribution in [0.1, 0.15) is 30.9 Å². The topological polar surface area (TPSA) is 26.0 Å². The van der Waals surface area contributed by atoms with Gasteiger partial charge in [-0.05, 0) is 25.3 Å². The van der Waals surface area contributed by atoms with Gasteiger partial charge in [-0.2, -0.15) is 0 Å². The van der Waals surface area contributed by atoms with Crippen LogP contribution >= 0.6 is 0 Å². The number of hydrogen-bond acceptors (Lipinski definition) is 1. The second kappa shape index (κ2) is 4.29. The van der Waals surface area contributed by atoms with Crippen molar-refractivity contribution in [1.29, 1.82) is 0 Å². The lowest BCUT2D eigenvalue weighted by Gasteiger charge is -2.14. The van der Waals surface area contributed by atoms with Crippen LogP contribution in [0.15, 0.2) is 23.8 Å². The minimum Gasteiger partial charge on any atom is -0.320 e. The lowest BCUT2D eigenvalue weighted by Crippen LogP contribution is -2.15. The van der Waals surface area contributed by atoms with Crippen molar-refractivity contribution in [3.05, 3.63) is 46.8 Å². The molecule has 0 saturated carbocycles. The summed E-state index contributed by atoms with van der Waals surface area (Å²) < 4.78 is 39.2. The van der Waals surface area contributed by atoms with Crippen LogP contribution in [0.25, 0.3) is 0 Å². The first-order valence-electron chi connectivity index (χ1n) is 5.19. The first-order valence-corrected chi connectivity index (χ1v) is 5.19. The van der Waals surface area contributed by atoms with Gasteiger partial charge in [0.25, 0.3) is 0 Å². The third-order valence-electron chi connectivity index (χ3n) is 2.88. The highest BCUT2D eigenvalue weighted by atomic mass is 19.2. The third kappa shape index (κ3) is 1.85. The molecule has 0 saturated heterocycles. The van der Waals surface area contributed by atoms with Crippen LogP contribution in [0.2, 0.25) is 0 Å². The maximum absolute atomic E-state index is 13.4. The van der Waals surface area contributed by atoms with Crippen molar-refractivity contribution in [2.45, 2.75) is 25.3 Å². The zero-order valence-corrected chi connectivity index (χ0v) is 8.64. The zero-order chi connectivity index (χ0) is 11.7. The molecule has 0 bridgehead atoms. The number of allylic oxidation sites excluding steroid dienone is 1. The van der Waals surface area contributed by atoms with Gasteiger partial charge in [-0.3, -0.25) is 0 Å². The van der Waals surface area contributed by atoms with Crippen molar-refractivity contribution < 1.29 is 13.2 Å². The third-order valence-corrected chi connectivity index (χ3v) is 2.88. The highest BCUT2D eigenvalue weighted by molar-refractivity contribution is 5.31. The van der Waals surface area contributed by atoms with Crippen LogP contribution in [0, 0.1) is 17.5 Å². The Morgan fingerprint density at radius 2 is 1.88 bits per heavy atom. The lowest BCUT2D eigenvalue weighted by atomic mass is 9.98. The number of nitrogens with two attached hydrogens (primary N) is 1. The van der Waals surface area contributed by atoms with E-state index in [9.17, 15) is 13.2 Å². The molecule has 0 aliphatic heterocycles. The molecule has 0 aromatic heterocycles. The molecule has 86 valence electrons. The minimum atomic E-state index is -1.45.